The molecule has 3 heteroatoms. The third-order valence-corrected chi connectivity index (χ3v) is 9.87. The van der Waals surface area contributed by atoms with Crippen molar-refractivity contribution in [2.75, 3.05) is 0 Å². The quantitative estimate of drug-likeness (QED) is 0.204. The second kappa shape index (κ2) is 7.64. The van der Waals surface area contributed by atoms with Gasteiger partial charge in [0, 0.05) is 44.0 Å². The van der Waals surface area contributed by atoms with Crippen molar-refractivity contribution in [2.45, 2.75) is 12.0 Å². The van der Waals surface area contributed by atoms with Crippen molar-refractivity contribution in [3.63, 3.8) is 0 Å². The highest BCUT2D eigenvalue weighted by Gasteiger charge is 2.41. The molecule has 6 aromatic carbocycles. The Morgan fingerprint density at radius 1 is 0.605 bits per heavy atom. The maximum atomic E-state index is 6.79. The van der Waals surface area contributed by atoms with E-state index < -0.39 is 0 Å². The number of rotatable bonds is 1. The van der Waals surface area contributed by atoms with E-state index in [2.05, 4.69) is 126 Å². The minimum Gasteiger partial charge on any atom is -0.483 e. The lowest BCUT2D eigenvalue weighted by atomic mass is 9.86. The number of hydrogen-bond donors (Lipinski definition) is 0. The molecule has 200 valence electrons. The van der Waals surface area contributed by atoms with Crippen molar-refractivity contribution in [1.29, 1.82) is 0 Å². The lowest BCUT2D eigenvalue weighted by molar-refractivity contribution is 0.217. The summed E-state index contributed by atoms with van der Waals surface area (Å²) in [6.45, 7) is 0. The summed E-state index contributed by atoms with van der Waals surface area (Å²) in [4.78, 5) is 0. The van der Waals surface area contributed by atoms with Gasteiger partial charge < -0.3 is 13.6 Å². The van der Waals surface area contributed by atoms with E-state index in [9.17, 15) is 0 Å². The molecule has 0 bridgehead atoms. The summed E-state index contributed by atoms with van der Waals surface area (Å²) in [6, 6.07) is 41.4. The number of nitrogens with zero attached hydrogens (tertiary/aromatic N) is 1. The van der Waals surface area contributed by atoms with Crippen LogP contribution in [0.3, 0.4) is 0 Å². The van der Waals surface area contributed by atoms with Crippen LogP contribution in [-0.4, -0.2) is 4.40 Å². The van der Waals surface area contributed by atoms with Crippen molar-refractivity contribution in [2.24, 2.45) is 0 Å². The maximum absolute atomic E-state index is 6.79. The second-order valence-corrected chi connectivity index (χ2v) is 12.0. The van der Waals surface area contributed by atoms with Gasteiger partial charge in [0.05, 0.1) is 16.7 Å². The SMILES string of the molecule is C1=CC2c3ccccc3OC2c2c1c1cc(-c3cccc4ccccc34)cc3c4ccc5c6ccccc6oc5c4n2c13. The molecule has 1 aliphatic heterocycles. The molecule has 1 aliphatic carbocycles. The van der Waals surface area contributed by atoms with Crippen LogP contribution in [0.4, 0.5) is 0 Å². The topological polar surface area (TPSA) is 26.8 Å². The predicted molar refractivity (Wildman–Crippen MR) is 175 cm³/mol. The largest absolute Gasteiger partial charge is 0.483 e. The first-order valence-electron chi connectivity index (χ1n) is 14.9. The van der Waals surface area contributed by atoms with Gasteiger partial charge in [-0.1, -0.05) is 97.1 Å². The molecule has 0 N–H and O–H groups in total. The normalized spacial score (nSPS) is 17.4. The van der Waals surface area contributed by atoms with Crippen LogP contribution in [0.1, 0.15) is 28.8 Å². The molecule has 0 saturated carbocycles. The summed E-state index contributed by atoms with van der Waals surface area (Å²) >= 11 is 0. The fourth-order valence-corrected chi connectivity index (χ4v) is 8.07. The van der Waals surface area contributed by atoms with Crippen LogP contribution in [0.25, 0.3) is 77.1 Å². The Bertz CT molecular complexity index is 2660. The molecule has 2 atom stereocenters. The summed E-state index contributed by atoms with van der Waals surface area (Å²) in [6.07, 6.45) is 4.57. The van der Waals surface area contributed by atoms with Gasteiger partial charge in [-0.2, -0.15) is 0 Å². The average molecular weight is 550 g/mol. The minimum atomic E-state index is -0.107. The van der Waals surface area contributed by atoms with E-state index in [1.807, 2.05) is 6.07 Å². The monoisotopic (exact) mass is 549 g/mol. The smallest absolute Gasteiger partial charge is 0.160 e. The third kappa shape index (κ3) is 2.67. The molecule has 0 amide bonds. The van der Waals surface area contributed by atoms with Crippen molar-refractivity contribution in [1.82, 2.24) is 4.40 Å². The van der Waals surface area contributed by atoms with Crippen molar-refractivity contribution in [3.05, 3.63) is 138 Å². The number of aromatic nitrogens is 1. The van der Waals surface area contributed by atoms with Crippen LogP contribution < -0.4 is 4.74 Å². The van der Waals surface area contributed by atoms with Crippen LogP contribution in [-0.2, 0) is 0 Å². The van der Waals surface area contributed by atoms with E-state index in [4.69, 9.17) is 9.15 Å². The minimum absolute atomic E-state index is 0.107. The number of furan rings is 1. The Kier molecular flexibility index (Phi) is 3.93. The van der Waals surface area contributed by atoms with Crippen LogP contribution in [0.15, 0.2) is 126 Å². The molecule has 9 aromatic rings. The van der Waals surface area contributed by atoms with Gasteiger partial charge in [0.2, 0.25) is 0 Å². The molecule has 3 nitrogen and oxygen atoms in total. The summed E-state index contributed by atoms with van der Waals surface area (Å²) in [7, 11) is 0. The van der Waals surface area contributed by atoms with Gasteiger partial charge in [0.25, 0.3) is 0 Å². The molecular weight excluding hydrogens is 526 g/mol. The van der Waals surface area contributed by atoms with Crippen LogP contribution >= 0.6 is 0 Å². The molecule has 4 heterocycles. The Labute approximate surface area is 246 Å². The Hall–Kier alpha value is -5.54. The molecule has 2 aliphatic rings. The van der Waals surface area contributed by atoms with Gasteiger partial charge >= 0.3 is 0 Å². The molecule has 43 heavy (non-hydrogen) atoms. The highest BCUT2D eigenvalue weighted by molar-refractivity contribution is 6.25. The van der Waals surface area contributed by atoms with Crippen LogP contribution in [0, 0.1) is 0 Å². The number of hydrogen-bond acceptors (Lipinski definition) is 2. The van der Waals surface area contributed by atoms with E-state index in [0.29, 0.717) is 0 Å². The standard InChI is InChI=1S/C40H23NO2/c1-2-10-24-22(8-1)9-7-13-25(24)23-20-32-28-16-18-30-26-11-3-5-14-34(26)42-39(30)37(28)41-36(32)33(21-23)29-17-19-31-27-12-4-6-15-35(27)43-40(31)38(29)41/h1-21,30,39H. The van der Waals surface area contributed by atoms with E-state index in [1.165, 1.54) is 60.4 Å². The fraction of sp³-hybridized carbons (Fsp3) is 0.0500. The number of para-hydroxylation sites is 2. The molecule has 0 saturated heterocycles. The van der Waals surface area contributed by atoms with E-state index >= 15 is 0 Å². The highest BCUT2D eigenvalue weighted by atomic mass is 16.5. The van der Waals surface area contributed by atoms with Crippen molar-refractivity contribution < 1.29 is 9.15 Å². The zero-order valence-electron chi connectivity index (χ0n) is 23.0. The van der Waals surface area contributed by atoms with Crippen molar-refractivity contribution >= 4 is 66.0 Å². The molecule has 0 radical (unpaired) electrons. The first-order chi connectivity index (χ1) is 21.3. The molecule has 3 aromatic heterocycles. The van der Waals surface area contributed by atoms with Crippen LogP contribution in [0.2, 0.25) is 0 Å². The number of benzene rings is 6. The second-order valence-electron chi connectivity index (χ2n) is 12.0. The lowest BCUT2D eigenvalue weighted by Crippen LogP contribution is -2.14. The lowest BCUT2D eigenvalue weighted by Gasteiger charge is -2.22. The first kappa shape index (κ1) is 22.1. The van der Waals surface area contributed by atoms with Gasteiger partial charge in [-0.05, 0) is 52.2 Å². The van der Waals surface area contributed by atoms with Crippen molar-refractivity contribution in [3.8, 4) is 16.9 Å². The van der Waals surface area contributed by atoms with Gasteiger partial charge in [-0.3, -0.25) is 0 Å². The molecule has 2 unspecified atom stereocenters. The summed E-state index contributed by atoms with van der Waals surface area (Å²) in [5, 5.41) is 8.51. The molecule has 0 fully saturated rings. The summed E-state index contributed by atoms with van der Waals surface area (Å²) in [5.41, 5.74) is 10.4. The Balaban J connectivity index is 1.32. The summed E-state index contributed by atoms with van der Waals surface area (Å²) < 4.78 is 15.9. The number of fused-ring (bicyclic) bond motifs is 15. The van der Waals surface area contributed by atoms with Gasteiger partial charge in [0.15, 0.2) is 5.58 Å². The average Bonchev–Trinajstić information content (AvgIpc) is 3.80. The number of ether oxygens (including phenoxy) is 1. The molecule has 0 spiro atoms. The maximum Gasteiger partial charge on any atom is 0.160 e. The Morgan fingerprint density at radius 3 is 2.37 bits per heavy atom. The summed E-state index contributed by atoms with van der Waals surface area (Å²) in [5.74, 6) is 1.15. The van der Waals surface area contributed by atoms with E-state index in [1.54, 1.807) is 0 Å². The fourth-order valence-electron chi connectivity index (χ4n) is 8.07. The highest BCUT2D eigenvalue weighted by Crippen LogP contribution is 2.54. The van der Waals surface area contributed by atoms with Gasteiger partial charge in [-0.25, -0.2) is 0 Å². The first-order valence-corrected chi connectivity index (χ1v) is 14.9. The van der Waals surface area contributed by atoms with Crippen LogP contribution in [0.5, 0.6) is 5.75 Å². The zero-order valence-corrected chi connectivity index (χ0v) is 23.0. The Morgan fingerprint density at radius 2 is 1.40 bits per heavy atom. The van der Waals surface area contributed by atoms with Gasteiger partial charge in [-0.15, -0.1) is 0 Å². The van der Waals surface area contributed by atoms with E-state index in [-0.39, 0.29) is 12.0 Å². The third-order valence-electron chi connectivity index (χ3n) is 9.87. The predicted octanol–water partition coefficient (Wildman–Crippen LogP) is 10.6. The van der Waals surface area contributed by atoms with E-state index in [0.717, 1.165) is 33.2 Å². The zero-order chi connectivity index (χ0) is 27.8. The molecular formula is C40H23NO2. The molecule has 11 rings (SSSR count). The van der Waals surface area contributed by atoms with Gasteiger partial charge in [0.1, 0.15) is 17.4 Å².